The fraction of sp³-hybridized carbons (Fsp3) is 0.400. The van der Waals surface area contributed by atoms with Gasteiger partial charge in [-0.2, -0.15) is 0 Å². The Bertz CT molecular complexity index is 334. The summed E-state index contributed by atoms with van der Waals surface area (Å²) in [6.45, 7) is 10.3. The predicted molar refractivity (Wildman–Crippen MR) is 74.0 cm³/mol. The van der Waals surface area contributed by atoms with Gasteiger partial charge in [-0.25, -0.2) is 0 Å². The van der Waals surface area contributed by atoms with Gasteiger partial charge >= 0.3 is 0 Å². The van der Waals surface area contributed by atoms with Crippen LogP contribution >= 0.6 is 0 Å². The van der Waals surface area contributed by atoms with E-state index in [0.717, 1.165) is 12.1 Å². The van der Waals surface area contributed by atoms with Crippen molar-refractivity contribution in [1.29, 1.82) is 0 Å². The molecule has 1 heteroatoms. The van der Waals surface area contributed by atoms with Crippen molar-refractivity contribution >= 4 is 5.71 Å². The smallest absolute Gasteiger partial charge is 0.0444 e. The molecule has 0 unspecified atom stereocenters. The largest absolute Gasteiger partial charge is 0.261 e. The Labute approximate surface area is 99.9 Å². The number of benzene rings is 1. The Morgan fingerprint density at radius 1 is 1.12 bits per heavy atom. The lowest BCUT2D eigenvalue weighted by molar-refractivity contribution is 1.09. The standard InChI is InChI=1S/C13H17N.C2H6/c1-4-11(2)10-14-12(3)13-8-6-5-7-9-13;1-2/h5-10H,4H2,1-3H3;1-2H3/b11-10+,14-12?;. The quantitative estimate of drug-likeness (QED) is 0.643. The first-order valence-electron chi connectivity index (χ1n) is 5.99. The monoisotopic (exact) mass is 217 g/mol. The van der Waals surface area contributed by atoms with Gasteiger partial charge in [0.2, 0.25) is 0 Å². The third-order valence-electron chi connectivity index (χ3n) is 2.23. The number of nitrogens with zero attached hydrogens (tertiary/aromatic N) is 1. The molecule has 88 valence electrons. The maximum atomic E-state index is 4.42. The molecule has 0 aliphatic rings. The predicted octanol–water partition coefficient (Wildman–Crippen LogP) is 4.84. The van der Waals surface area contributed by atoms with Crippen molar-refractivity contribution in [2.45, 2.75) is 41.0 Å². The van der Waals surface area contributed by atoms with Crippen LogP contribution in [0.2, 0.25) is 0 Å². The number of hydrogen-bond acceptors (Lipinski definition) is 1. The van der Waals surface area contributed by atoms with Crippen LogP contribution in [-0.2, 0) is 0 Å². The summed E-state index contributed by atoms with van der Waals surface area (Å²) in [4.78, 5) is 4.42. The Morgan fingerprint density at radius 2 is 1.69 bits per heavy atom. The first-order chi connectivity index (χ1) is 7.74. The van der Waals surface area contributed by atoms with E-state index in [2.05, 4.69) is 31.0 Å². The van der Waals surface area contributed by atoms with Crippen LogP contribution in [0.4, 0.5) is 0 Å². The van der Waals surface area contributed by atoms with Crippen molar-refractivity contribution < 1.29 is 0 Å². The van der Waals surface area contributed by atoms with Gasteiger partial charge in [0.15, 0.2) is 0 Å². The fourth-order valence-corrected chi connectivity index (χ4v) is 1.05. The maximum absolute atomic E-state index is 4.42. The van der Waals surface area contributed by atoms with E-state index in [1.165, 1.54) is 11.1 Å². The molecule has 0 atom stereocenters. The van der Waals surface area contributed by atoms with Gasteiger partial charge in [-0.15, -0.1) is 0 Å². The molecule has 0 aliphatic heterocycles. The number of rotatable bonds is 3. The first-order valence-corrected chi connectivity index (χ1v) is 5.99. The van der Waals surface area contributed by atoms with E-state index in [0.29, 0.717) is 0 Å². The molecule has 1 aromatic carbocycles. The molecule has 0 N–H and O–H groups in total. The fourth-order valence-electron chi connectivity index (χ4n) is 1.05. The molecule has 0 bridgehead atoms. The lowest BCUT2D eigenvalue weighted by atomic mass is 10.1. The molecule has 0 amide bonds. The zero-order chi connectivity index (χ0) is 12.4. The highest BCUT2D eigenvalue weighted by molar-refractivity contribution is 5.98. The van der Waals surface area contributed by atoms with Gasteiger partial charge in [-0.05, 0) is 25.8 Å². The molecule has 1 aromatic rings. The van der Waals surface area contributed by atoms with Crippen LogP contribution in [0, 0.1) is 0 Å². The summed E-state index contributed by atoms with van der Waals surface area (Å²) in [6.07, 6.45) is 3.01. The van der Waals surface area contributed by atoms with Gasteiger partial charge in [-0.3, -0.25) is 4.99 Å². The molecule has 0 spiro atoms. The summed E-state index contributed by atoms with van der Waals surface area (Å²) in [5.74, 6) is 0. The molecular weight excluding hydrogens is 194 g/mol. The number of hydrogen-bond donors (Lipinski definition) is 0. The maximum Gasteiger partial charge on any atom is 0.0444 e. The summed E-state index contributed by atoms with van der Waals surface area (Å²) < 4.78 is 0. The average molecular weight is 217 g/mol. The Hall–Kier alpha value is -1.37. The van der Waals surface area contributed by atoms with Crippen LogP contribution in [0.15, 0.2) is 47.1 Å². The van der Waals surface area contributed by atoms with Crippen molar-refractivity contribution in [2.75, 3.05) is 0 Å². The Balaban J connectivity index is 0.00000106. The van der Waals surface area contributed by atoms with E-state index in [9.17, 15) is 0 Å². The molecule has 1 rings (SSSR count). The normalized spacial score (nSPS) is 11.8. The minimum atomic E-state index is 1.06. The molecule has 0 aromatic heterocycles. The zero-order valence-electron chi connectivity index (χ0n) is 11.1. The second-order valence-electron chi connectivity index (χ2n) is 3.41. The molecule has 0 saturated carbocycles. The van der Waals surface area contributed by atoms with Crippen molar-refractivity contribution in [3.63, 3.8) is 0 Å². The minimum Gasteiger partial charge on any atom is -0.261 e. The SMILES string of the molecule is CC.CC/C(C)=C/N=C(C)c1ccccc1. The third kappa shape index (κ3) is 5.50. The van der Waals surface area contributed by atoms with Gasteiger partial charge in [0.25, 0.3) is 0 Å². The summed E-state index contributed by atoms with van der Waals surface area (Å²) in [7, 11) is 0. The molecule has 0 heterocycles. The van der Waals surface area contributed by atoms with Crippen LogP contribution in [0.3, 0.4) is 0 Å². The zero-order valence-corrected chi connectivity index (χ0v) is 11.1. The van der Waals surface area contributed by atoms with E-state index in [1.807, 2.05) is 45.2 Å². The van der Waals surface area contributed by atoms with Crippen molar-refractivity contribution in [3.05, 3.63) is 47.7 Å². The number of allylic oxidation sites excluding steroid dienone is 1. The minimum absolute atomic E-state index is 1.06. The molecular formula is C15H23N. The lowest BCUT2D eigenvalue weighted by Crippen LogP contribution is -1.92. The highest BCUT2D eigenvalue weighted by Crippen LogP contribution is 2.03. The van der Waals surface area contributed by atoms with Gasteiger partial charge in [0.05, 0.1) is 0 Å². The van der Waals surface area contributed by atoms with Crippen molar-refractivity contribution in [3.8, 4) is 0 Å². The highest BCUT2D eigenvalue weighted by atomic mass is 14.7. The Kier molecular flexibility index (Phi) is 8.14. The van der Waals surface area contributed by atoms with E-state index >= 15 is 0 Å². The Morgan fingerprint density at radius 3 is 2.19 bits per heavy atom. The second kappa shape index (κ2) is 8.90. The van der Waals surface area contributed by atoms with Crippen LogP contribution in [0.25, 0.3) is 0 Å². The molecule has 0 aliphatic carbocycles. The van der Waals surface area contributed by atoms with Crippen LogP contribution < -0.4 is 0 Å². The molecule has 0 radical (unpaired) electrons. The van der Waals surface area contributed by atoms with Crippen molar-refractivity contribution in [2.24, 2.45) is 4.99 Å². The van der Waals surface area contributed by atoms with E-state index in [-0.39, 0.29) is 0 Å². The molecule has 1 nitrogen and oxygen atoms in total. The van der Waals surface area contributed by atoms with Gasteiger partial charge in [0.1, 0.15) is 0 Å². The molecule has 16 heavy (non-hydrogen) atoms. The first kappa shape index (κ1) is 14.6. The van der Waals surface area contributed by atoms with Crippen LogP contribution in [0.1, 0.15) is 46.6 Å². The molecule has 0 fully saturated rings. The molecule has 0 saturated heterocycles. The van der Waals surface area contributed by atoms with Crippen LogP contribution in [0.5, 0.6) is 0 Å². The van der Waals surface area contributed by atoms with E-state index in [1.54, 1.807) is 0 Å². The number of aliphatic imine (C=N–C) groups is 1. The lowest BCUT2D eigenvalue weighted by Gasteiger charge is -1.98. The third-order valence-corrected chi connectivity index (χ3v) is 2.23. The van der Waals surface area contributed by atoms with E-state index in [4.69, 9.17) is 0 Å². The summed E-state index contributed by atoms with van der Waals surface area (Å²) >= 11 is 0. The van der Waals surface area contributed by atoms with Crippen molar-refractivity contribution in [1.82, 2.24) is 0 Å². The van der Waals surface area contributed by atoms with Crippen LogP contribution in [-0.4, -0.2) is 5.71 Å². The summed E-state index contributed by atoms with van der Waals surface area (Å²) in [6, 6.07) is 10.2. The topological polar surface area (TPSA) is 12.4 Å². The van der Waals surface area contributed by atoms with E-state index < -0.39 is 0 Å². The average Bonchev–Trinajstić information content (AvgIpc) is 2.38. The summed E-state index contributed by atoms with van der Waals surface area (Å²) in [5, 5.41) is 0. The summed E-state index contributed by atoms with van der Waals surface area (Å²) in [5.41, 5.74) is 3.56. The second-order valence-corrected chi connectivity index (χ2v) is 3.41. The van der Waals surface area contributed by atoms with Gasteiger partial charge in [0, 0.05) is 11.9 Å². The highest BCUT2D eigenvalue weighted by Gasteiger charge is 1.92. The van der Waals surface area contributed by atoms with Gasteiger partial charge in [-0.1, -0.05) is 56.7 Å². The van der Waals surface area contributed by atoms with Gasteiger partial charge < -0.3 is 0 Å².